The third-order valence-corrected chi connectivity index (χ3v) is 1.78. The fourth-order valence-electron chi connectivity index (χ4n) is 1.10. The molecule has 0 unspecified atom stereocenters. The molecule has 1 amide bonds. The monoisotopic (exact) mass is 181 g/mol. The zero-order valence-corrected chi connectivity index (χ0v) is 8.08. The molecular formula is C9H15N3O. The quantitative estimate of drug-likeness (QED) is 0.766. The standard InChI is InChI=1S/C9H15N3O/c1-3-5-11-9(13)12-7-6-10-8(12)4-2/h6-7H,3-5H2,1-2H3,(H,11,13). The van der Waals surface area contributed by atoms with Crippen LogP contribution < -0.4 is 5.32 Å². The summed E-state index contributed by atoms with van der Waals surface area (Å²) in [5, 5.41) is 2.79. The number of hydrogen-bond acceptors (Lipinski definition) is 2. The molecule has 0 aliphatic heterocycles. The lowest BCUT2D eigenvalue weighted by molar-refractivity contribution is 0.241. The lowest BCUT2D eigenvalue weighted by atomic mass is 10.4. The van der Waals surface area contributed by atoms with E-state index in [1.54, 1.807) is 17.0 Å². The van der Waals surface area contributed by atoms with Gasteiger partial charge in [0.1, 0.15) is 5.82 Å². The third kappa shape index (κ3) is 2.31. The number of nitrogens with one attached hydrogen (secondary N) is 1. The van der Waals surface area contributed by atoms with E-state index in [-0.39, 0.29) is 6.03 Å². The van der Waals surface area contributed by atoms with E-state index in [1.165, 1.54) is 0 Å². The summed E-state index contributed by atoms with van der Waals surface area (Å²) in [6.45, 7) is 4.71. The smallest absolute Gasteiger partial charge is 0.327 e. The highest BCUT2D eigenvalue weighted by atomic mass is 16.2. The maximum absolute atomic E-state index is 11.5. The summed E-state index contributed by atoms with van der Waals surface area (Å²) in [7, 11) is 0. The Kier molecular flexibility index (Phi) is 3.49. The maximum Gasteiger partial charge on any atom is 0.327 e. The molecule has 1 rings (SSSR count). The minimum absolute atomic E-state index is 0.0869. The van der Waals surface area contributed by atoms with Gasteiger partial charge in [0.15, 0.2) is 0 Å². The minimum Gasteiger partial charge on any atom is -0.337 e. The number of aromatic nitrogens is 2. The molecule has 0 spiro atoms. The molecular weight excluding hydrogens is 166 g/mol. The van der Waals surface area contributed by atoms with Crippen LogP contribution in [-0.2, 0) is 6.42 Å². The largest absolute Gasteiger partial charge is 0.337 e. The number of carbonyl (C=O) groups is 1. The van der Waals surface area contributed by atoms with Gasteiger partial charge in [0, 0.05) is 25.4 Å². The van der Waals surface area contributed by atoms with Crippen molar-refractivity contribution >= 4 is 6.03 Å². The molecule has 0 saturated carbocycles. The number of hydrogen-bond donors (Lipinski definition) is 1. The fraction of sp³-hybridized carbons (Fsp3) is 0.556. The van der Waals surface area contributed by atoms with Crippen LogP contribution in [0.25, 0.3) is 0 Å². The van der Waals surface area contributed by atoms with Gasteiger partial charge >= 0.3 is 6.03 Å². The second kappa shape index (κ2) is 4.64. The van der Waals surface area contributed by atoms with Gasteiger partial charge in [0.2, 0.25) is 0 Å². The zero-order chi connectivity index (χ0) is 9.68. The molecule has 0 saturated heterocycles. The van der Waals surface area contributed by atoms with Gasteiger partial charge in [-0.2, -0.15) is 0 Å². The predicted octanol–water partition coefficient (Wildman–Crippen LogP) is 1.41. The Labute approximate surface area is 78.0 Å². The zero-order valence-electron chi connectivity index (χ0n) is 8.08. The van der Waals surface area contributed by atoms with Gasteiger partial charge in [-0.3, -0.25) is 4.57 Å². The average Bonchev–Trinajstić information content (AvgIpc) is 2.61. The van der Waals surface area contributed by atoms with Crippen molar-refractivity contribution in [3.05, 3.63) is 18.2 Å². The van der Waals surface area contributed by atoms with Crippen molar-refractivity contribution in [3.63, 3.8) is 0 Å². The van der Waals surface area contributed by atoms with Crippen LogP contribution in [0.3, 0.4) is 0 Å². The molecule has 1 N–H and O–H groups in total. The highest BCUT2D eigenvalue weighted by molar-refractivity contribution is 5.77. The van der Waals surface area contributed by atoms with Crippen molar-refractivity contribution in [2.75, 3.05) is 6.54 Å². The van der Waals surface area contributed by atoms with E-state index >= 15 is 0 Å². The first-order chi connectivity index (χ1) is 6.29. The summed E-state index contributed by atoms with van der Waals surface area (Å²) in [6, 6.07) is -0.0869. The topological polar surface area (TPSA) is 46.9 Å². The van der Waals surface area contributed by atoms with Crippen molar-refractivity contribution in [2.45, 2.75) is 26.7 Å². The summed E-state index contributed by atoms with van der Waals surface area (Å²) in [5.74, 6) is 0.800. The second-order valence-corrected chi connectivity index (χ2v) is 2.80. The number of nitrogens with zero attached hydrogens (tertiary/aromatic N) is 2. The normalized spacial score (nSPS) is 10.0. The summed E-state index contributed by atoms with van der Waals surface area (Å²) < 4.78 is 1.55. The van der Waals surface area contributed by atoms with E-state index in [1.807, 2.05) is 13.8 Å². The van der Waals surface area contributed by atoms with E-state index < -0.39 is 0 Å². The van der Waals surface area contributed by atoms with E-state index in [0.29, 0.717) is 6.54 Å². The highest BCUT2D eigenvalue weighted by Gasteiger charge is 2.06. The Morgan fingerprint density at radius 3 is 3.00 bits per heavy atom. The molecule has 4 nitrogen and oxygen atoms in total. The highest BCUT2D eigenvalue weighted by Crippen LogP contribution is 1.97. The number of aryl methyl sites for hydroxylation is 1. The third-order valence-electron chi connectivity index (χ3n) is 1.78. The van der Waals surface area contributed by atoms with Crippen LogP contribution >= 0.6 is 0 Å². The molecule has 0 bridgehead atoms. The second-order valence-electron chi connectivity index (χ2n) is 2.80. The van der Waals surface area contributed by atoms with E-state index in [0.717, 1.165) is 18.7 Å². The van der Waals surface area contributed by atoms with E-state index in [9.17, 15) is 4.79 Å². The summed E-state index contributed by atoms with van der Waals surface area (Å²) >= 11 is 0. The molecule has 0 aliphatic carbocycles. The first-order valence-corrected chi connectivity index (χ1v) is 4.60. The van der Waals surface area contributed by atoms with Crippen LogP contribution in [0.2, 0.25) is 0 Å². The van der Waals surface area contributed by atoms with Gasteiger partial charge in [-0.15, -0.1) is 0 Å². The molecule has 0 atom stereocenters. The minimum atomic E-state index is -0.0869. The fourth-order valence-corrected chi connectivity index (χ4v) is 1.10. The SMILES string of the molecule is CCCNC(=O)n1ccnc1CC. The number of imidazole rings is 1. The molecule has 1 aromatic rings. The summed E-state index contributed by atoms with van der Waals surface area (Å²) in [5.41, 5.74) is 0. The Morgan fingerprint density at radius 2 is 2.38 bits per heavy atom. The Morgan fingerprint density at radius 1 is 1.62 bits per heavy atom. The molecule has 1 aromatic heterocycles. The average molecular weight is 181 g/mol. The number of carbonyl (C=O) groups excluding carboxylic acids is 1. The molecule has 72 valence electrons. The number of rotatable bonds is 3. The van der Waals surface area contributed by atoms with Crippen LogP contribution in [0.15, 0.2) is 12.4 Å². The molecule has 4 heteroatoms. The van der Waals surface area contributed by atoms with Crippen LogP contribution in [0.5, 0.6) is 0 Å². The van der Waals surface area contributed by atoms with Crippen molar-refractivity contribution in [2.24, 2.45) is 0 Å². The lowest BCUT2D eigenvalue weighted by Crippen LogP contribution is -2.29. The molecule has 0 fully saturated rings. The van der Waals surface area contributed by atoms with Crippen LogP contribution in [0.1, 0.15) is 26.1 Å². The van der Waals surface area contributed by atoms with Gasteiger partial charge in [-0.25, -0.2) is 9.78 Å². The first kappa shape index (κ1) is 9.77. The summed E-state index contributed by atoms with van der Waals surface area (Å²) in [4.78, 5) is 15.5. The Balaban J connectivity index is 2.65. The van der Waals surface area contributed by atoms with Crippen molar-refractivity contribution in [1.29, 1.82) is 0 Å². The lowest BCUT2D eigenvalue weighted by Gasteiger charge is -2.05. The van der Waals surface area contributed by atoms with Crippen LogP contribution in [0.4, 0.5) is 4.79 Å². The van der Waals surface area contributed by atoms with Crippen molar-refractivity contribution in [1.82, 2.24) is 14.9 Å². The van der Waals surface area contributed by atoms with Crippen LogP contribution in [-0.4, -0.2) is 22.1 Å². The van der Waals surface area contributed by atoms with Gasteiger partial charge < -0.3 is 5.32 Å². The molecule has 13 heavy (non-hydrogen) atoms. The van der Waals surface area contributed by atoms with Gasteiger partial charge in [0.25, 0.3) is 0 Å². The van der Waals surface area contributed by atoms with Gasteiger partial charge in [0.05, 0.1) is 0 Å². The molecule has 0 aromatic carbocycles. The van der Waals surface area contributed by atoms with Crippen molar-refractivity contribution < 1.29 is 4.79 Å². The number of amides is 1. The Bertz CT molecular complexity index is 280. The summed E-state index contributed by atoms with van der Waals surface area (Å²) in [6.07, 6.45) is 5.04. The molecule has 1 heterocycles. The first-order valence-electron chi connectivity index (χ1n) is 4.60. The van der Waals surface area contributed by atoms with Crippen LogP contribution in [0, 0.1) is 0 Å². The molecule has 0 radical (unpaired) electrons. The van der Waals surface area contributed by atoms with Gasteiger partial charge in [-0.1, -0.05) is 13.8 Å². The van der Waals surface area contributed by atoms with E-state index in [2.05, 4.69) is 10.3 Å². The predicted molar refractivity (Wildman–Crippen MR) is 50.7 cm³/mol. The molecule has 0 aliphatic rings. The Hall–Kier alpha value is -1.32. The maximum atomic E-state index is 11.5. The van der Waals surface area contributed by atoms with E-state index in [4.69, 9.17) is 0 Å². The van der Waals surface area contributed by atoms with Crippen molar-refractivity contribution in [3.8, 4) is 0 Å². The van der Waals surface area contributed by atoms with Gasteiger partial charge in [-0.05, 0) is 6.42 Å².